The van der Waals surface area contributed by atoms with Crippen molar-refractivity contribution in [3.63, 3.8) is 0 Å². The lowest BCUT2D eigenvalue weighted by atomic mass is 10.0. The lowest BCUT2D eigenvalue weighted by molar-refractivity contribution is 0.192. The van der Waals surface area contributed by atoms with Gasteiger partial charge in [-0.05, 0) is 37.1 Å². The number of nitrogens with one attached hydrogen (secondary N) is 2. The Balaban J connectivity index is 1.50. The first kappa shape index (κ1) is 20.4. The maximum absolute atomic E-state index is 5.41. The number of hydrogen-bond donors (Lipinski definition) is 2. The van der Waals surface area contributed by atoms with Gasteiger partial charge in [-0.2, -0.15) is 0 Å². The number of ether oxygens (including phenoxy) is 1. The van der Waals surface area contributed by atoms with E-state index in [2.05, 4.69) is 50.9 Å². The molecule has 1 aromatic carbocycles. The molecule has 1 unspecified atom stereocenters. The Bertz CT molecular complexity index is 688. The Morgan fingerprint density at radius 3 is 2.93 bits per heavy atom. The van der Waals surface area contributed by atoms with E-state index in [-0.39, 0.29) is 0 Å². The minimum absolute atomic E-state index is 0.398. The molecule has 0 saturated carbocycles. The van der Waals surface area contributed by atoms with Crippen LogP contribution in [0.15, 0.2) is 58.1 Å². The predicted molar refractivity (Wildman–Crippen MR) is 112 cm³/mol. The molecule has 1 aliphatic rings. The molecule has 0 amide bonds. The van der Waals surface area contributed by atoms with Gasteiger partial charge < -0.3 is 19.8 Å². The number of guanidine groups is 1. The molecule has 1 atom stereocenters. The Morgan fingerprint density at radius 2 is 2.14 bits per heavy atom. The Kier molecular flexibility index (Phi) is 8.40. The molecular weight excluding hydrogens is 352 g/mol. The second kappa shape index (κ2) is 11.5. The summed E-state index contributed by atoms with van der Waals surface area (Å²) in [4.78, 5) is 7.18. The van der Waals surface area contributed by atoms with Crippen molar-refractivity contribution in [3.05, 3.63) is 60.1 Å². The van der Waals surface area contributed by atoms with Gasteiger partial charge in [0.2, 0.25) is 0 Å². The van der Waals surface area contributed by atoms with E-state index in [0.29, 0.717) is 19.2 Å². The van der Waals surface area contributed by atoms with E-state index in [0.717, 1.165) is 50.7 Å². The summed E-state index contributed by atoms with van der Waals surface area (Å²) in [5.41, 5.74) is 1.37. The summed E-state index contributed by atoms with van der Waals surface area (Å²) in [5.74, 6) is 1.84. The zero-order valence-corrected chi connectivity index (χ0v) is 16.8. The number of methoxy groups -OCH3 is 1. The van der Waals surface area contributed by atoms with E-state index in [1.165, 1.54) is 12.0 Å². The van der Waals surface area contributed by atoms with Crippen molar-refractivity contribution >= 4 is 5.96 Å². The molecule has 0 bridgehead atoms. The second-order valence-electron chi connectivity index (χ2n) is 7.18. The summed E-state index contributed by atoms with van der Waals surface area (Å²) in [6, 6.07) is 15.0. The minimum atomic E-state index is 0.398. The molecule has 2 aromatic rings. The van der Waals surface area contributed by atoms with Gasteiger partial charge in [-0.25, -0.2) is 0 Å². The van der Waals surface area contributed by atoms with E-state index in [1.807, 2.05) is 12.1 Å². The highest BCUT2D eigenvalue weighted by molar-refractivity contribution is 5.80. The van der Waals surface area contributed by atoms with Gasteiger partial charge in [0.25, 0.3) is 0 Å². The third kappa shape index (κ3) is 7.02. The van der Waals surface area contributed by atoms with Crippen LogP contribution in [0.1, 0.15) is 24.2 Å². The van der Waals surface area contributed by atoms with Gasteiger partial charge in [-0.1, -0.05) is 30.3 Å². The van der Waals surface area contributed by atoms with Gasteiger partial charge in [0.15, 0.2) is 5.96 Å². The fourth-order valence-corrected chi connectivity index (χ4v) is 3.51. The number of hydrogen-bond acceptors (Lipinski definition) is 4. The van der Waals surface area contributed by atoms with Gasteiger partial charge in [0.1, 0.15) is 5.76 Å². The minimum Gasteiger partial charge on any atom is -0.469 e. The first-order valence-electron chi connectivity index (χ1n) is 10.2. The van der Waals surface area contributed by atoms with Crippen LogP contribution < -0.4 is 10.6 Å². The summed E-state index contributed by atoms with van der Waals surface area (Å²) >= 11 is 0. The van der Waals surface area contributed by atoms with E-state index in [9.17, 15) is 0 Å². The SMILES string of the molecule is COCCN=C(NCCc1ccco1)NC1CCCN(Cc2ccccc2)C1. The molecular formula is C22H32N4O2. The predicted octanol–water partition coefficient (Wildman–Crippen LogP) is 2.67. The van der Waals surface area contributed by atoms with Crippen LogP contribution in [-0.2, 0) is 17.7 Å². The van der Waals surface area contributed by atoms with Crippen molar-refractivity contribution in [3.8, 4) is 0 Å². The second-order valence-corrected chi connectivity index (χ2v) is 7.18. The Hall–Kier alpha value is -2.31. The highest BCUT2D eigenvalue weighted by Gasteiger charge is 2.20. The number of benzene rings is 1. The molecule has 3 rings (SSSR count). The average Bonchev–Trinajstić information content (AvgIpc) is 3.23. The topological polar surface area (TPSA) is 62.0 Å². The molecule has 152 valence electrons. The summed E-state index contributed by atoms with van der Waals surface area (Å²) in [7, 11) is 1.70. The number of nitrogens with zero attached hydrogens (tertiary/aromatic N) is 2. The summed E-state index contributed by atoms with van der Waals surface area (Å²) in [6.07, 6.45) is 4.91. The zero-order valence-electron chi connectivity index (χ0n) is 16.8. The zero-order chi connectivity index (χ0) is 19.4. The monoisotopic (exact) mass is 384 g/mol. The molecule has 2 heterocycles. The molecule has 1 aliphatic heterocycles. The fourth-order valence-electron chi connectivity index (χ4n) is 3.51. The highest BCUT2D eigenvalue weighted by Crippen LogP contribution is 2.13. The smallest absolute Gasteiger partial charge is 0.191 e. The van der Waals surface area contributed by atoms with E-state index < -0.39 is 0 Å². The van der Waals surface area contributed by atoms with Crippen molar-refractivity contribution in [2.45, 2.75) is 31.8 Å². The van der Waals surface area contributed by atoms with Gasteiger partial charge in [-0.15, -0.1) is 0 Å². The average molecular weight is 385 g/mol. The molecule has 6 nitrogen and oxygen atoms in total. The highest BCUT2D eigenvalue weighted by atomic mass is 16.5. The third-order valence-electron chi connectivity index (χ3n) is 4.90. The fraction of sp³-hybridized carbons (Fsp3) is 0.500. The van der Waals surface area contributed by atoms with Crippen LogP contribution in [0.4, 0.5) is 0 Å². The van der Waals surface area contributed by atoms with Crippen molar-refractivity contribution in [2.24, 2.45) is 4.99 Å². The number of furan rings is 1. The molecule has 1 fully saturated rings. The third-order valence-corrected chi connectivity index (χ3v) is 4.90. The number of rotatable bonds is 9. The van der Waals surface area contributed by atoms with Crippen LogP contribution in [0.3, 0.4) is 0 Å². The maximum Gasteiger partial charge on any atom is 0.191 e. The molecule has 0 spiro atoms. The maximum atomic E-state index is 5.41. The van der Waals surface area contributed by atoms with E-state index >= 15 is 0 Å². The normalized spacial score (nSPS) is 18.2. The van der Waals surface area contributed by atoms with Gasteiger partial charge in [0, 0.05) is 39.2 Å². The number of aliphatic imine (C=N–C) groups is 1. The molecule has 0 aliphatic carbocycles. The van der Waals surface area contributed by atoms with Crippen LogP contribution in [0.5, 0.6) is 0 Å². The first-order valence-corrected chi connectivity index (χ1v) is 10.2. The Morgan fingerprint density at radius 1 is 1.25 bits per heavy atom. The van der Waals surface area contributed by atoms with Crippen LogP contribution in [0.25, 0.3) is 0 Å². The largest absolute Gasteiger partial charge is 0.469 e. The summed E-state index contributed by atoms with van der Waals surface area (Å²) < 4.78 is 10.6. The molecule has 1 aromatic heterocycles. The van der Waals surface area contributed by atoms with Crippen molar-refractivity contribution in [1.82, 2.24) is 15.5 Å². The van der Waals surface area contributed by atoms with Crippen LogP contribution >= 0.6 is 0 Å². The quantitative estimate of drug-likeness (QED) is 0.395. The molecule has 6 heteroatoms. The van der Waals surface area contributed by atoms with Gasteiger partial charge >= 0.3 is 0 Å². The lowest BCUT2D eigenvalue weighted by Crippen LogP contribution is -2.51. The molecule has 1 saturated heterocycles. The molecule has 2 N–H and O–H groups in total. The van der Waals surface area contributed by atoms with Crippen molar-refractivity contribution in [2.75, 3.05) is 39.9 Å². The summed E-state index contributed by atoms with van der Waals surface area (Å²) in [6.45, 7) is 5.23. The Labute approximate surface area is 168 Å². The first-order chi connectivity index (χ1) is 13.8. The standard InChI is InChI=1S/C22H32N4O2/c1-27-16-13-24-22(23-12-11-21-10-6-15-28-21)25-20-9-5-14-26(18-20)17-19-7-3-2-4-8-19/h2-4,6-8,10,15,20H,5,9,11-14,16-18H2,1H3,(H2,23,24,25). The van der Waals surface area contributed by atoms with Gasteiger partial charge in [-0.3, -0.25) is 9.89 Å². The number of piperidine rings is 1. The van der Waals surface area contributed by atoms with E-state index in [4.69, 9.17) is 9.15 Å². The molecule has 28 heavy (non-hydrogen) atoms. The van der Waals surface area contributed by atoms with Crippen molar-refractivity contribution < 1.29 is 9.15 Å². The molecule has 0 radical (unpaired) electrons. The van der Waals surface area contributed by atoms with Gasteiger partial charge in [0.05, 0.1) is 19.4 Å². The van der Waals surface area contributed by atoms with Crippen molar-refractivity contribution in [1.29, 1.82) is 0 Å². The van der Waals surface area contributed by atoms with Crippen LogP contribution in [-0.4, -0.2) is 56.8 Å². The summed E-state index contributed by atoms with van der Waals surface area (Å²) in [5, 5.41) is 7.06. The van der Waals surface area contributed by atoms with Crippen LogP contribution in [0, 0.1) is 0 Å². The van der Waals surface area contributed by atoms with E-state index in [1.54, 1.807) is 13.4 Å². The van der Waals surface area contributed by atoms with Crippen LogP contribution in [0.2, 0.25) is 0 Å². The lowest BCUT2D eigenvalue weighted by Gasteiger charge is -2.34. The number of likely N-dealkylation sites (tertiary alicyclic amines) is 1.